The Morgan fingerprint density at radius 3 is 2.25 bits per heavy atom. The van der Waals surface area contributed by atoms with Gasteiger partial charge >= 0.3 is 15.6 Å². The zero-order valence-electron chi connectivity index (χ0n) is 9.59. The van der Waals surface area contributed by atoms with Gasteiger partial charge in [-0.25, -0.2) is 0 Å². The predicted molar refractivity (Wildman–Crippen MR) is 67.5 cm³/mol. The Bertz CT molecular complexity index is 741. The van der Waals surface area contributed by atoms with Crippen molar-refractivity contribution in [1.29, 1.82) is 0 Å². The third-order valence-electron chi connectivity index (χ3n) is 2.36. The van der Waals surface area contributed by atoms with Gasteiger partial charge in [0.1, 0.15) is 5.75 Å². The highest BCUT2D eigenvalue weighted by atomic mass is 32.3. The summed E-state index contributed by atoms with van der Waals surface area (Å²) in [7, 11) is -5.67. The molecular weight excluding hydrogens is 317 g/mol. The van der Waals surface area contributed by atoms with Crippen molar-refractivity contribution in [2.45, 2.75) is 10.4 Å². The molecule has 2 aromatic carbocycles. The van der Waals surface area contributed by atoms with Crippen LogP contribution in [0.5, 0.6) is 5.75 Å². The van der Waals surface area contributed by atoms with Crippen LogP contribution in [0.1, 0.15) is 0 Å². The average molecular weight is 324 g/mol. The number of phenolic OH excluding ortho intramolecular Hbond substituents is 1. The van der Waals surface area contributed by atoms with E-state index in [0.717, 1.165) is 0 Å². The first-order valence-electron chi connectivity index (χ1n) is 5.10. The zero-order valence-corrected chi connectivity index (χ0v) is 11.2. The minimum Gasteiger partial charge on any atom is -0.507 e. The Labute approximate surface area is 116 Å². The summed E-state index contributed by atoms with van der Waals surface area (Å²) >= 11 is 0.0734. The van der Waals surface area contributed by atoms with Crippen LogP contribution in [0, 0.1) is 0 Å². The number of hydrogen-bond acceptors (Lipinski definition) is 5. The molecule has 0 spiro atoms. The molecule has 20 heavy (non-hydrogen) atoms. The number of hydrogen-bond donors (Lipinski definition) is 1. The molecule has 0 aliphatic heterocycles. The number of halogens is 3. The fourth-order valence-corrected chi connectivity index (χ4v) is 2.80. The lowest BCUT2D eigenvalue weighted by molar-refractivity contribution is -0.0494. The number of phenols is 1. The normalized spacial score (nSPS) is 12.8. The van der Waals surface area contributed by atoms with Crippen molar-refractivity contribution in [1.82, 2.24) is 0 Å². The molecular formula is C11H7F3O4S2. The van der Waals surface area contributed by atoms with Crippen molar-refractivity contribution >= 4 is 32.9 Å². The molecule has 0 unspecified atom stereocenters. The quantitative estimate of drug-likeness (QED) is 0.692. The third-order valence-corrected chi connectivity index (χ3v) is 4.45. The number of alkyl halides is 3. The first kappa shape index (κ1) is 14.9. The zero-order chi connectivity index (χ0) is 15.0. The third kappa shape index (κ3) is 2.84. The van der Waals surface area contributed by atoms with E-state index in [2.05, 4.69) is 3.63 Å². The van der Waals surface area contributed by atoms with Crippen LogP contribution in [0.3, 0.4) is 0 Å². The molecule has 9 heteroatoms. The summed E-state index contributed by atoms with van der Waals surface area (Å²) in [5.74, 6) is -0.0661. The molecule has 0 aliphatic carbocycles. The summed E-state index contributed by atoms with van der Waals surface area (Å²) < 4.78 is 62.0. The molecule has 1 N–H and O–H groups in total. The van der Waals surface area contributed by atoms with E-state index < -0.39 is 15.6 Å². The van der Waals surface area contributed by atoms with E-state index in [4.69, 9.17) is 0 Å². The van der Waals surface area contributed by atoms with Gasteiger partial charge in [0.2, 0.25) is 0 Å². The molecule has 4 nitrogen and oxygen atoms in total. The second-order valence-electron chi connectivity index (χ2n) is 3.68. The molecule has 0 aromatic heterocycles. The van der Waals surface area contributed by atoms with Crippen molar-refractivity contribution in [3.05, 3.63) is 36.4 Å². The molecule has 0 aliphatic rings. The predicted octanol–water partition coefficient (Wildman–Crippen LogP) is 3.42. The van der Waals surface area contributed by atoms with Gasteiger partial charge in [-0.2, -0.15) is 25.2 Å². The minimum atomic E-state index is -5.67. The summed E-state index contributed by atoms with van der Waals surface area (Å²) in [5.41, 5.74) is -5.48. The van der Waals surface area contributed by atoms with Gasteiger partial charge in [-0.05, 0) is 12.1 Å². The van der Waals surface area contributed by atoms with Crippen molar-refractivity contribution in [2.24, 2.45) is 0 Å². The second kappa shape index (κ2) is 5.15. The van der Waals surface area contributed by atoms with Gasteiger partial charge in [-0.3, -0.25) is 0 Å². The highest BCUT2D eigenvalue weighted by molar-refractivity contribution is 8.04. The molecule has 0 bridgehead atoms. The lowest BCUT2D eigenvalue weighted by atomic mass is 10.1. The number of fused-ring (bicyclic) bond motifs is 1. The number of benzene rings is 2. The maximum atomic E-state index is 12.1. The average Bonchev–Trinajstić information content (AvgIpc) is 2.37. The summed E-state index contributed by atoms with van der Waals surface area (Å²) in [5, 5.41) is 10.4. The van der Waals surface area contributed by atoms with Crippen molar-refractivity contribution in [3.63, 3.8) is 0 Å². The maximum Gasteiger partial charge on any atom is 0.524 e. The van der Waals surface area contributed by atoms with Gasteiger partial charge in [0, 0.05) is 15.7 Å². The van der Waals surface area contributed by atoms with E-state index >= 15 is 0 Å². The molecule has 0 radical (unpaired) electrons. The molecule has 0 heterocycles. The standard InChI is InChI=1S/C11H7F3O4S2/c12-11(13,14)20(16,17)18-19-10-6-5-9(15)7-3-1-2-4-8(7)10/h1-6,15H. The number of aromatic hydroxyl groups is 1. The molecule has 0 atom stereocenters. The van der Waals surface area contributed by atoms with E-state index in [0.29, 0.717) is 10.8 Å². The molecule has 0 saturated heterocycles. The van der Waals surface area contributed by atoms with Gasteiger partial charge in [-0.15, -0.1) is 0 Å². The Morgan fingerprint density at radius 2 is 1.65 bits per heavy atom. The monoisotopic (exact) mass is 324 g/mol. The topological polar surface area (TPSA) is 63.6 Å². The molecule has 2 rings (SSSR count). The van der Waals surface area contributed by atoms with Crippen molar-refractivity contribution < 1.29 is 30.3 Å². The van der Waals surface area contributed by atoms with Gasteiger partial charge in [0.05, 0.1) is 12.0 Å². The van der Waals surface area contributed by atoms with E-state index in [9.17, 15) is 26.7 Å². The van der Waals surface area contributed by atoms with Crippen LogP contribution < -0.4 is 0 Å². The minimum absolute atomic E-state index is 0.0661. The van der Waals surface area contributed by atoms with Gasteiger partial charge in [0.25, 0.3) is 0 Å². The van der Waals surface area contributed by atoms with Crippen LogP contribution in [0.4, 0.5) is 13.2 Å². The Balaban J connectivity index is 2.35. The first-order valence-corrected chi connectivity index (χ1v) is 7.25. The van der Waals surface area contributed by atoms with E-state index in [1.165, 1.54) is 18.2 Å². The molecule has 0 fully saturated rings. The summed E-state index contributed by atoms with van der Waals surface area (Å²) in [6, 6.07) is 8.82. The van der Waals surface area contributed by atoms with Crippen LogP contribution in [0.15, 0.2) is 41.3 Å². The molecule has 2 aromatic rings. The summed E-state index contributed by atoms with van der Waals surface area (Å²) in [6.45, 7) is 0. The SMILES string of the molecule is O=S(=O)(OSc1ccc(O)c2ccccc12)C(F)(F)F. The lowest BCUT2D eigenvalue weighted by Gasteiger charge is -2.09. The smallest absolute Gasteiger partial charge is 0.507 e. The van der Waals surface area contributed by atoms with Crippen molar-refractivity contribution in [3.8, 4) is 5.75 Å². The molecule has 0 amide bonds. The Morgan fingerprint density at radius 1 is 1.05 bits per heavy atom. The highest BCUT2D eigenvalue weighted by Gasteiger charge is 2.48. The Kier molecular flexibility index (Phi) is 3.85. The van der Waals surface area contributed by atoms with Crippen LogP contribution in [-0.4, -0.2) is 19.0 Å². The summed E-state index contributed by atoms with van der Waals surface area (Å²) in [6.07, 6.45) is 0. The Hall–Kier alpha value is -1.45. The van der Waals surface area contributed by atoms with Gasteiger partial charge in [0.15, 0.2) is 0 Å². The van der Waals surface area contributed by atoms with Crippen molar-refractivity contribution in [2.75, 3.05) is 0 Å². The summed E-state index contributed by atoms with van der Waals surface area (Å²) in [4.78, 5) is 0.145. The molecule has 108 valence electrons. The van der Waals surface area contributed by atoms with Crippen LogP contribution >= 0.6 is 12.0 Å². The van der Waals surface area contributed by atoms with Gasteiger partial charge in [-0.1, -0.05) is 24.3 Å². The molecule has 0 saturated carbocycles. The van der Waals surface area contributed by atoms with E-state index in [1.807, 2.05) is 0 Å². The largest absolute Gasteiger partial charge is 0.524 e. The van der Waals surface area contributed by atoms with Crippen LogP contribution in [-0.2, 0) is 13.7 Å². The fraction of sp³-hybridized carbons (Fsp3) is 0.0909. The van der Waals surface area contributed by atoms with E-state index in [-0.39, 0.29) is 22.7 Å². The maximum absolute atomic E-state index is 12.1. The lowest BCUT2D eigenvalue weighted by Crippen LogP contribution is -2.23. The number of rotatable bonds is 3. The first-order chi connectivity index (χ1) is 9.22. The van der Waals surface area contributed by atoms with Crippen LogP contribution in [0.25, 0.3) is 10.8 Å². The fourth-order valence-electron chi connectivity index (χ4n) is 1.45. The second-order valence-corrected chi connectivity index (χ2v) is 6.20. The van der Waals surface area contributed by atoms with Crippen LogP contribution in [0.2, 0.25) is 0 Å². The van der Waals surface area contributed by atoms with Gasteiger partial charge < -0.3 is 5.11 Å². The highest BCUT2D eigenvalue weighted by Crippen LogP contribution is 2.36. The van der Waals surface area contributed by atoms with E-state index in [1.54, 1.807) is 18.2 Å².